The number of aromatic hydroxyl groups is 1. The first-order valence-electron chi connectivity index (χ1n) is 14.1. The molecule has 0 bridgehead atoms. The van der Waals surface area contributed by atoms with Gasteiger partial charge in [-0.1, -0.05) is 35.5 Å². The number of nitrogens with two attached hydrogens (primary N) is 4. The van der Waals surface area contributed by atoms with E-state index >= 15 is 0 Å². The van der Waals surface area contributed by atoms with Crippen LogP contribution in [0.2, 0.25) is 0 Å². The molecule has 0 aliphatic rings. The van der Waals surface area contributed by atoms with Crippen LogP contribution in [0.25, 0.3) is 0 Å². The summed E-state index contributed by atoms with van der Waals surface area (Å²) in [5.41, 5.74) is 26.1. The maximum atomic E-state index is 13.9. The van der Waals surface area contributed by atoms with Crippen molar-refractivity contribution in [1.82, 2.24) is 15.5 Å². The Morgan fingerprint density at radius 2 is 1.79 bits per heavy atom. The summed E-state index contributed by atoms with van der Waals surface area (Å²) in [7, 11) is 0. The number of ketones is 1. The lowest BCUT2D eigenvalue weighted by atomic mass is 9.89. The fourth-order valence-electron chi connectivity index (χ4n) is 4.83. The van der Waals surface area contributed by atoms with Crippen molar-refractivity contribution < 1.29 is 19.2 Å². The Balaban J connectivity index is 1.82. The molecule has 1 amide bonds. The molecule has 12 heteroatoms. The van der Waals surface area contributed by atoms with Gasteiger partial charge in [0, 0.05) is 31.7 Å². The molecular formula is C30H42N8O4. The van der Waals surface area contributed by atoms with Gasteiger partial charge in [0.05, 0.1) is 12.1 Å². The van der Waals surface area contributed by atoms with E-state index in [1.54, 1.807) is 12.1 Å². The van der Waals surface area contributed by atoms with Crippen LogP contribution >= 0.6 is 0 Å². The van der Waals surface area contributed by atoms with Gasteiger partial charge in [0.2, 0.25) is 11.8 Å². The zero-order chi connectivity index (χ0) is 30.6. The molecule has 226 valence electrons. The van der Waals surface area contributed by atoms with Crippen LogP contribution in [0.15, 0.2) is 52.0 Å². The van der Waals surface area contributed by atoms with Crippen molar-refractivity contribution in [3.05, 3.63) is 76.4 Å². The molecule has 0 aliphatic heterocycles. The number of phenols is 1. The molecule has 3 aromatic rings. The minimum atomic E-state index is -0.921. The number of rotatable bonds is 16. The molecule has 0 spiro atoms. The van der Waals surface area contributed by atoms with E-state index in [-0.39, 0.29) is 49.2 Å². The number of aromatic nitrogens is 2. The second-order valence-electron chi connectivity index (χ2n) is 10.5. The molecule has 42 heavy (non-hydrogen) atoms. The topological polar surface area (TPSA) is 222 Å². The minimum Gasteiger partial charge on any atom is -0.508 e. The van der Waals surface area contributed by atoms with E-state index in [1.807, 2.05) is 44.2 Å². The molecule has 1 aromatic heterocycles. The summed E-state index contributed by atoms with van der Waals surface area (Å²) in [6.07, 6.45) is 2.18. The highest BCUT2D eigenvalue weighted by Gasteiger charge is 2.30. The van der Waals surface area contributed by atoms with Crippen LogP contribution in [-0.2, 0) is 22.4 Å². The van der Waals surface area contributed by atoms with Gasteiger partial charge in [0.15, 0.2) is 17.6 Å². The van der Waals surface area contributed by atoms with E-state index in [0.29, 0.717) is 37.5 Å². The van der Waals surface area contributed by atoms with Crippen molar-refractivity contribution in [3.63, 3.8) is 0 Å². The monoisotopic (exact) mass is 578 g/mol. The number of guanidine groups is 1. The summed E-state index contributed by atoms with van der Waals surface area (Å²) in [5.74, 6) is -0.161. The Hall–Kier alpha value is -4.29. The third-order valence-corrected chi connectivity index (χ3v) is 7.11. The van der Waals surface area contributed by atoms with E-state index in [1.165, 1.54) is 0 Å². The summed E-state index contributed by atoms with van der Waals surface area (Å²) in [6.45, 7) is 4.31. The van der Waals surface area contributed by atoms with Crippen molar-refractivity contribution >= 4 is 17.6 Å². The number of hydrogen-bond donors (Lipinski definition) is 6. The van der Waals surface area contributed by atoms with Crippen LogP contribution in [0.5, 0.6) is 5.75 Å². The lowest BCUT2D eigenvalue weighted by Gasteiger charge is -2.23. The Labute approximate surface area is 245 Å². The summed E-state index contributed by atoms with van der Waals surface area (Å²) in [5, 5.41) is 17.0. The first-order chi connectivity index (χ1) is 20.1. The van der Waals surface area contributed by atoms with Crippen LogP contribution in [0.1, 0.15) is 65.6 Å². The van der Waals surface area contributed by atoms with E-state index in [2.05, 4.69) is 20.4 Å². The molecule has 3 atom stereocenters. The van der Waals surface area contributed by atoms with Gasteiger partial charge in [-0.2, -0.15) is 4.98 Å². The summed E-state index contributed by atoms with van der Waals surface area (Å²) >= 11 is 0. The number of phenolic OH excluding ortho intramolecular Hbond substituents is 1. The zero-order valence-electron chi connectivity index (χ0n) is 24.3. The van der Waals surface area contributed by atoms with Crippen LogP contribution in [-0.4, -0.2) is 58.1 Å². The predicted octanol–water partition coefficient (Wildman–Crippen LogP) is 1.48. The van der Waals surface area contributed by atoms with E-state index in [4.69, 9.17) is 27.5 Å². The Bertz CT molecular complexity index is 1330. The maximum absolute atomic E-state index is 13.9. The van der Waals surface area contributed by atoms with Gasteiger partial charge in [-0.15, -0.1) is 0 Å². The molecule has 0 radical (unpaired) electrons. The number of hydrogen-bond acceptors (Lipinski definition) is 9. The third kappa shape index (κ3) is 9.67. The smallest absolute Gasteiger partial charge is 0.237 e. The largest absolute Gasteiger partial charge is 0.508 e. The number of aryl methyl sites for hydroxylation is 2. The maximum Gasteiger partial charge on any atom is 0.237 e. The number of carbonyl (C=O) groups excluding carboxylic acids is 2. The normalized spacial score (nSPS) is 13.2. The number of Topliss-reactive ketones (excluding diaryl/α,β-unsaturated/α-hetero) is 1. The Morgan fingerprint density at radius 3 is 2.43 bits per heavy atom. The molecule has 1 heterocycles. The molecule has 10 N–H and O–H groups in total. The Morgan fingerprint density at radius 1 is 1.10 bits per heavy atom. The van der Waals surface area contributed by atoms with E-state index in [0.717, 1.165) is 22.3 Å². The average molecular weight is 579 g/mol. The first-order valence-corrected chi connectivity index (χ1v) is 14.1. The number of nitrogens with one attached hydrogen (secondary N) is 1. The van der Waals surface area contributed by atoms with Gasteiger partial charge >= 0.3 is 0 Å². The zero-order valence-corrected chi connectivity index (χ0v) is 24.3. The second kappa shape index (κ2) is 15.6. The first kappa shape index (κ1) is 32.2. The number of benzene rings is 2. The Kier molecular flexibility index (Phi) is 12.0. The van der Waals surface area contributed by atoms with Gasteiger partial charge in [-0.3, -0.25) is 14.6 Å². The highest BCUT2D eigenvalue weighted by Crippen LogP contribution is 2.27. The molecule has 3 rings (SSSR count). The van der Waals surface area contributed by atoms with Gasteiger partial charge in [-0.25, -0.2) is 0 Å². The summed E-state index contributed by atoms with van der Waals surface area (Å²) < 4.78 is 5.61. The molecule has 3 unspecified atom stereocenters. The molecule has 0 fully saturated rings. The second-order valence-corrected chi connectivity index (χ2v) is 10.5. The lowest BCUT2D eigenvalue weighted by molar-refractivity contribution is -0.128. The van der Waals surface area contributed by atoms with Crippen LogP contribution in [0, 0.1) is 13.8 Å². The molecule has 0 saturated carbocycles. The van der Waals surface area contributed by atoms with Crippen LogP contribution in [0.4, 0.5) is 0 Å². The van der Waals surface area contributed by atoms with Crippen molar-refractivity contribution in [3.8, 4) is 5.75 Å². The fraction of sp³-hybridized carbons (Fsp3) is 0.433. The van der Waals surface area contributed by atoms with Crippen LogP contribution in [0.3, 0.4) is 0 Å². The fourth-order valence-corrected chi connectivity index (χ4v) is 4.83. The van der Waals surface area contributed by atoms with Crippen molar-refractivity contribution in [2.45, 2.75) is 70.4 Å². The number of amides is 1. The predicted molar refractivity (Wildman–Crippen MR) is 161 cm³/mol. The highest BCUT2D eigenvalue weighted by molar-refractivity contribution is 5.91. The third-order valence-electron chi connectivity index (χ3n) is 7.11. The summed E-state index contributed by atoms with van der Waals surface area (Å²) in [4.78, 5) is 35.4. The van der Waals surface area contributed by atoms with Gasteiger partial charge in [0.25, 0.3) is 0 Å². The minimum absolute atomic E-state index is 0.0529. The van der Waals surface area contributed by atoms with Crippen LogP contribution < -0.4 is 28.3 Å². The SMILES string of the molecule is Cc1cc(O)cc(C)c1CC(NC(=O)C(N)CCN=C(N)N)C(=O)CC(CCCN)c1nc(Cc2ccccc2)no1. The molecule has 2 aromatic carbocycles. The van der Waals surface area contributed by atoms with Gasteiger partial charge < -0.3 is 37.9 Å². The van der Waals surface area contributed by atoms with Crippen molar-refractivity contribution in [2.24, 2.45) is 27.9 Å². The van der Waals surface area contributed by atoms with E-state index in [9.17, 15) is 14.7 Å². The quantitative estimate of drug-likeness (QED) is 0.106. The number of aliphatic imine (C=N–C) groups is 1. The van der Waals surface area contributed by atoms with E-state index < -0.39 is 18.0 Å². The van der Waals surface area contributed by atoms with Gasteiger partial charge in [0.1, 0.15) is 5.75 Å². The highest BCUT2D eigenvalue weighted by atomic mass is 16.5. The number of nitrogens with zero attached hydrogens (tertiary/aromatic N) is 3. The molecule has 0 saturated heterocycles. The van der Waals surface area contributed by atoms with Crippen molar-refractivity contribution in [1.29, 1.82) is 0 Å². The molecule has 0 aliphatic carbocycles. The molecule has 12 nitrogen and oxygen atoms in total. The van der Waals surface area contributed by atoms with Gasteiger partial charge in [-0.05, 0) is 74.0 Å². The van der Waals surface area contributed by atoms with Crippen molar-refractivity contribution in [2.75, 3.05) is 13.1 Å². The average Bonchev–Trinajstić information content (AvgIpc) is 3.40. The number of carbonyl (C=O) groups is 2. The standard InChI is InChI=1S/C30H42N8O4/c1-18-13-22(39)14-19(2)23(18)17-25(36-28(41)24(32)10-12-35-30(33)34)26(40)16-21(9-6-11-31)29-37-27(38-42-29)15-20-7-4-3-5-8-20/h3-5,7-8,13-14,21,24-25,39H,6,9-12,15-17,31-32H2,1-2H3,(H,36,41)(H4,33,34,35). The lowest BCUT2D eigenvalue weighted by Crippen LogP contribution is -2.50. The summed E-state index contributed by atoms with van der Waals surface area (Å²) in [6, 6.07) is 11.2. The molecular weight excluding hydrogens is 536 g/mol.